The Morgan fingerprint density at radius 2 is 2.29 bits per heavy atom. The van der Waals surface area contributed by atoms with Gasteiger partial charge in [-0.1, -0.05) is 11.6 Å². The highest BCUT2D eigenvalue weighted by Gasteiger charge is 2.12. The second kappa shape index (κ2) is 5.01. The topological polar surface area (TPSA) is 46.3 Å². The first-order valence-electron chi connectivity index (χ1n) is 5.05. The van der Waals surface area contributed by atoms with E-state index < -0.39 is 0 Å². The van der Waals surface area contributed by atoms with Crippen LogP contribution < -0.4 is 0 Å². The van der Waals surface area contributed by atoms with Gasteiger partial charge in [-0.25, -0.2) is 4.98 Å². The average Bonchev–Trinajstić information content (AvgIpc) is 2.82. The van der Waals surface area contributed by atoms with Crippen molar-refractivity contribution in [1.29, 1.82) is 0 Å². The summed E-state index contributed by atoms with van der Waals surface area (Å²) in [7, 11) is 1.73. The Bertz CT molecular complexity index is 494. The molecule has 0 N–H and O–H groups in total. The van der Waals surface area contributed by atoms with E-state index in [0.717, 1.165) is 5.56 Å². The molecule has 17 heavy (non-hydrogen) atoms. The Morgan fingerprint density at radius 3 is 2.88 bits per heavy atom. The zero-order chi connectivity index (χ0) is 12.3. The second-order valence-corrected chi connectivity index (χ2v) is 4.05. The third-order valence-corrected chi connectivity index (χ3v) is 2.54. The molecule has 2 heterocycles. The number of halogens is 1. The van der Waals surface area contributed by atoms with E-state index in [1.807, 2.05) is 6.07 Å². The summed E-state index contributed by atoms with van der Waals surface area (Å²) >= 11 is 5.66. The number of carbonyl (C=O) groups is 1. The molecule has 0 radical (unpaired) electrons. The van der Waals surface area contributed by atoms with E-state index in [0.29, 0.717) is 17.3 Å². The van der Waals surface area contributed by atoms with Crippen molar-refractivity contribution in [2.75, 3.05) is 7.05 Å². The number of hydrogen-bond donors (Lipinski definition) is 0. The maximum atomic E-state index is 12.0. The van der Waals surface area contributed by atoms with Gasteiger partial charge >= 0.3 is 0 Å². The highest BCUT2D eigenvalue weighted by Crippen LogP contribution is 2.10. The SMILES string of the molecule is CN(Cc1ccoc1)C(=O)c1ccc(Cl)nc1. The van der Waals surface area contributed by atoms with Gasteiger partial charge in [-0.2, -0.15) is 0 Å². The van der Waals surface area contributed by atoms with E-state index in [1.54, 1.807) is 36.6 Å². The van der Waals surface area contributed by atoms with Crippen molar-refractivity contribution in [3.63, 3.8) is 0 Å². The fourth-order valence-corrected chi connectivity index (χ4v) is 1.56. The molecule has 0 spiro atoms. The van der Waals surface area contributed by atoms with Crippen LogP contribution in [0.25, 0.3) is 0 Å². The number of rotatable bonds is 3. The Labute approximate surface area is 104 Å². The number of aromatic nitrogens is 1. The van der Waals surface area contributed by atoms with Gasteiger partial charge in [0.25, 0.3) is 5.91 Å². The van der Waals surface area contributed by atoms with E-state index in [2.05, 4.69) is 4.98 Å². The molecule has 0 aliphatic rings. The lowest BCUT2D eigenvalue weighted by Gasteiger charge is -2.15. The minimum Gasteiger partial charge on any atom is -0.472 e. The van der Waals surface area contributed by atoms with Gasteiger partial charge in [-0.15, -0.1) is 0 Å². The van der Waals surface area contributed by atoms with Crippen molar-refractivity contribution in [2.45, 2.75) is 6.54 Å². The van der Waals surface area contributed by atoms with E-state index in [4.69, 9.17) is 16.0 Å². The fourth-order valence-electron chi connectivity index (χ4n) is 1.45. The summed E-state index contributed by atoms with van der Waals surface area (Å²) in [5.41, 5.74) is 1.46. The molecule has 0 aromatic carbocycles. The minimum absolute atomic E-state index is 0.102. The van der Waals surface area contributed by atoms with E-state index in [-0.39, 0.29) is 5.91 Å². The van der Waals surface area contributed by atoms with Gasteiger partial charge in [0.1, 0.15) is 5.15 Å². The quantitative estimate of drug-likeness (QED) is 0.787. The lowest BCUT2D eigenvalue weighted by atomic mass is 10.2. The van der Waals surface area contributed by atoms with E-state index in [9.17, 15) is 4.79 Å². The molecule has 0 saturated heterocycles. The van der Waals surface area contributed by atoms with Crippen LogP contribution in [0.3, 0.4) is 0 Å². The Hall–Kier alpha value is -1.81. The zero-order valence-corrected chi connectivity index (χ0v) is 10.0. The lowest BCUT2D eigenvalue weighted by molar-refractivity contribution is 0.0784. The van der Waals surface area contributed by atoms with Gasteiger partial charge < -0.3 is 9.32 Å². The predicted octanol–water partition coefficient (Wildman–Crippen LogP) is 2.60. The highest BCUT2D eigenvalue weighted by molar-refractivity contribution is 6.29. The summed E-state index contributed by atoms with van der Waals surface area (Å²) < 4.78 is 4.95. The summed E-state index contributed by atoms with van der Waals surface area (Å²) in [5.74, 6) is -0.102. The van der Waals surface area contributed by atoms with Crippen molar-refractivity contribution in [3.8, 4) is 0 Å². The van der Waals surface area contributed by atoms with Crippen molar-refractivity contribution in [1.82, 2.24) is 9.88 Å². The van der Waals surface area contributed by atoms with Crippen LogP contribution in [0.1, 0.15) is 15.9 Å². The molecule has 0 aliphatic carbocycles. The Balaban J connectivity index is 2.07. The van der Waals surface area contributed by atoms with Crippen molar-refractivity contribution >= 4 is 17.5 Å². The monoisotopic (exact) mass is 250 g/mol. The van der Waals surface area contributed by atoms with Crippen LogP contribution in [0, 0.1) is 0 Å². The van der Waals surface area contributed by atoms with Gasteiger partial charge in [-0.05, 0) is 18.2 Å². The molecule has 1 amide bonds. The zero-order valence-electron chi connectivity index (χ0n) is 9.26. The Kier molecular flexibility index (Phi) is 3.44. The summed E-state index contributed by atoms with van der Waals surface area (Å²) in [6.07, 6.45) is 4.66. The molecule has 0 bridgehead atoms. The van der Waals surface area contributed by atoms with Gasteiger partial charge in [0.15, 0.2) is 0 Å². The molecule has 0 unspecified atom stereocenters. The minimum atomic E-state index is -0.102. The Morgan fingerprint density at radius 1 is 1.47 bits per heavy atom. The molecule has 0 fully saturated rings. The van der Waals surface area contributed by atoms with Crippen molar-refractivity contribution < 1.29 is 9.21 Å². The number of amides is 1. The molecule has 2 aromatic heterocycles. The molecule has 88 valence electrons. The van der Waals surface area contributed by atoms with Gasteiger partial charge in [-0.3, -0.25) is 4.79 Å². The molecule has 4 nitrogen and oxygen atoms in total. The maximum absolute atomic E-state index is 12.0. The first-order valence-corrected chi connectivity index (χ1v) is 5.42. The predicted molar refractivity (Wildman–Crippen MR) is 63.8 cm³/mol. The summed E-state index contributed by atoms with van der Waals surface area (Å²) in [6.45, 7) is 0.498. The molecular weight excluding hydrogens is 240 g/mol. The molecule has 0 aliphatic heterocycles. The number of nitrogens with zero attached hydrogens (tertiary/aromatic N) is 2. The van der Waals surface area contributed by atoms with Crippen LogP contribution in [0.5, 0.6) is 0 Å². The van der Waals surface area contributed by atoms with Gasteiger partial charge in [0, 0.05) is 25.4 Å². The van der Waals surface area contributed by atoms with E-state index >= 15 is 0 Å². The first-order chi connectivity index (χ1) is 8.16. The largest absolute Gasteiger partial charge is 0.472 e. The molecular formula is C12H11ClN2O2. The van der Waals surface area contributed by atoms with Crippen LogP contribution >= 0.6 is 11.6 Å². The van der Waals surface area contributed by atoms with Gasteiger partial charge in [0.05, 0.1) is 18.1 Å². The number of pyridine rings is 1. The van der Waals surface area contributed by atoms with Crippen molar-refractivity contribution in [2.24, 2.45) is 0 Å². The first kappa shape index (κ1) is 11.7. The van der Waals surface area contributed by atoms with Crippen molar-refractivity contribution in [3.05, 3.63) is 53.2 Å². The number of carbonyl (C=O) groups excluding carboxylic acids is 1. The molecule has 0 saturated carbocycles. The second-order valence-electron chi connectivity index (χ2n) is 3.66. The smallest absolute Gasteiger partial charge is 0.255 e. The normalized spacial score (nSPS) is 10.2. The van der Waals surface area contributed by atoms with Crippen LogP contribution in [0.4, 0.5) is 0 Å². The molecule has 2 aromatic rings. The molecule has 2 rings (SSSR count). The van der Waals surface area contributed by atoms with Crippen LogP contribution in [-0.2, 0) is 6.54 Å². The maximum Gasteiger partial charge on any atom is 0.255 e. The molecule has 0 atom stereocenters. The van der Waals surface area contributed by atoms with Gasteiger partial charge in [0.2, 0.25) is 0 Å². The summed E-state index contributed by atoms with van der Waals surface area (Å²) in [4.78, 5) is 17.5. The van der Waals surface area contributed by atoms with Crippen LogP contribution in [-0.4, -0.2) is 22.8 Å². The van der Waals surface area contributed by atoms with Crippen LogP contribution in [0.15, 0.2) is 41.3 Å². The average molecular weight is 251 g/mol. The highest BCUT2D eigenvalue weighted by atomic mass is 35.5. The lowest BCUT2D eigenvalue weighted by Crippen LogP contribution is -2.26. The third-order valence-electron chi connectivity index (χ3n) is 2.32. The number of hydrogen-bond acceptors (Lipinski definition) is 3. The fraction of sp³-hybridized carbons (Fsp3) is 0.167. The van der Waals surface area contributed by atoms with Crippen LogP contribution in [0.2, 0.25) is 5.15 Å². The molecule has 5 heteroatoms. The summed E-state index contributed by atoms with van der Waals surface area (Å²) in [6, 6.07) is 5.08. The number of furan rings is 1. The van der Waals surface area contributed by atoms with E-state index in [1.165, 1.54) is 6.20 Å². The standard InChI is InChI=1S/C12H11ClN2O2/c1-15(7-9-4-5-17-8-9)12(16)10-2-3-11(13)14-6-10/h2-6,8H,7H2,1H3. The third kappa shape index (κ3) is 2.85. The summed E-state index contributed by atoms with van der Waals surface area (Å²) in [5, 5.41) is 0.374.